The highest BCUT2D eigenvalue weighted by Crippen LogP contribution is 2.23. The zero-order valence-corrected chi connectivity index (χ0v) is 12.8. The van der Waals surface area contributed by atoms with Crippen molar-refractivity contribution in [3.8, 4) is 11.5 Å². The van der Waals surface area contributed by atoms with Crippen LogP contribution in [0.5, 0.6) is 11.5 Å². The smallest absolute Gasteiger partial charge is 0.458 e. The van der Waals surface area contributed by atoms with E-state index in [0.717, 1.165) is 23.3 Å². The summed E-state index contributed by atoms with van der Waals surface area (Å²) in [5.41, 5.74) is 0. The van der Waals surface area contributed by atoms with E-state index in [4.69, 9.17) is 8.85 Å². The van der Waals surface area contributed by atoms with Crippen molar-refractivity contribution < 1.29 is 8.85 Å². The summed E-state index contributed by atoms with van der Waals surface area (Å²) >= 11 is 4.32. The van der Waals surface area contributed by atoms with Crippen molar-refractivity contribution in [2.45, 2.75) is 12.6 Å². The molecular formula is C15H18O2SSi. The Morgan fingerprint density at radius 1 is 0.842 bits per heavy atom. The Kier molecular flexibility index (Phi) is 4.93. The molecular weight excluding hydrogens is 272 g/mol. The Bertz CT molecular complexity index is 449. The van der Waals surface area contributed by atoms with Crippen LogP contribution in [0, 0.1) is 0 Å². The molecule has 0 N–H and O–H groups in total. The van der Waals surface area contributed by atoms with Gasteiger partial charge in [-0.15, -0.1) is 0 Å². The van der Waals surface area contributed by atoms with E-state index in [2.05, 4.69) is 19.2 Å². The fourth-order valence-corrected chi connectivity index (χ4v) is 4.94. The number of para-hydroxylation sites is 2. The maximum absolute atomic E-state index is 6.11. The summed E-state index contributed by atoms with van der Waals surface area (Å²) in [7, 11) is -2.31. The highest BCUT2D eigenvalue weighted by molar-refractivity contribution is 7.80. The lowest BCUT2D eigenvalue weighted by atomic mass is 10.3. The largest absolute Gasteiger partial charge is 0.512 e. The second kappa shape index (κ2) is 6.68. The lowest BCUT2D eigenvalue weighted by Gasteiger charge is -2.28. The fourth-order valence-electron chi connectivity index (χ4n) is 1.80. The average molecular weight is 290 g/mol. The Morgan fingerprint density at radius 3 is 1.63 bits per heavy atom. The van der Waals surface area contributed by atoms with Gasteiger partial charge in [0.15, 0.2) is 0 Å². The summed E-state index contributed by atoms with van der Waals surface area (Å²) in [6, 6.07) is 20.5. The van der Waals surface area contributed by atoms with Gasteiger partial charge in [0.25, 0.3) is 0 Å². The Hall–Kier alpha value is -1.39. The number of benzene rings is 2. The van der Waals surface area contributed by atoms with Gasteiger partial charge in [-0.25, -0.2) is 0 Å². The predicted octanol–water partition coefficient (Wildman–Crippen LogP) is 4.15. The highest BCUT2D eigenvalue weighted by Gasteiger charge is 2.35. The molecule has 4 heteroatoms. The topological polar surface area (TPSA) is 18.5 Å². The molecule has 0 aromatic heterocycles. The predicted molar refractivity (Wildman–Crippen MR) is 84.4 cm³/mol. The van der Waals surface area contributed by atoms with Gasteiger partial charge in [0.2, 0.25) is 0 Å². The Balaban J connectivity index is 2.13. The van der Waals surface area contributed by atoms with Crippen LogP contribution in [-0.4, -0.2) is 14.3 Å². The quantitative estimate of drug-likeness (QED) is 0.636. The first-order valence-electron chi connectivity index (χ1n) is 6.31. The molecule has 0 aliphatic heterocycles. The summed E-state index contributed by atoms with van der Waals surface area (Å²) in [6.07, 6.45) is 0. The van der Waals surface area contributed by atoms with Crippen molar-refractivity contribution in [1.82, 2.24) is 0 Å². The van der Waals surface area contributed by atoms with E-state index in [1.165, 1.54) is 0 Å². The molecule has 0 saturated carbocycles. The third-order valence-corrected chi connectivity index (χ3v) is 5.86. The number of hydrogen-bond acceptors (Lipinski definition) is 3. The van der Waals surface area contributed by atoms with Gasteiger partial charge in [0.05, 0.1) is 0 Å². The van der Waals surface area contributed by atoms with E-state index in [0.29, 0.717) is 0 Å². The Morgan fingerprint density at radius 2 is 1.26 bits per heavy atom. The number of thiol groups is 1. The van der Waals surface area contributed by atoms with Crippen LogP contribution < -0.4 is 8.85 Å². The minimum absolute atomic E-state index is 0.752. The molecule has 0 atom stereocenters. The number of rotatable bonds is 6. The minimum Gasteiger partial charge on any atom is -0.512 e. The van der Waals surface area contributed by atoms with Gasteiger partial charge >= 0.3 is 8.56 Å². The van der Waals surface area contributed by atoms with Crippen molar-refractivity contribution >= 4 is 21.2 Å². The molecule has 100 valence electrons. The second-order valence-electron chi connectivity index (χ2n) is 4.44. The van der Waals surface area contributed by atoms with E-state index in [9.17, 15) is 0 Å². The zero-order chi connectivity index (χ0) is 13.6. The molecule has 2 aromatic carbocycles. The van der Waals surface area contributed by atoms with E-state index in [-0.39, 0.29) is 0 Å². The molecule has 0 heterocycles. The molecule has 2 nitrogen and oxygen atoms in total. The van der Waals surface area contributed by atoms with Gasteiger partial charge in [0.1, 0.15) is 11.5 Å². The van der Waals surface area contributed by atoms with E-state index in [1.54, 1.807) is 0 Å². The molecule has 0 bridgehead atoms. The van der Waals surface area contributed by atoms with Crippen molar-refractivity contribution in [3.63, 3.8) is 0 Å². The van der Waals surface area contributed by atoms with E-state index < -0.39 is 8.56 Å². The van der Waals surface area contributed by atoms with E-state index >= 15 is 0 Å². The first-order chi connectivity index (χ1) is 9.22. The molecule has 2 rings (SSSR count). The summed E-state index contributed by atoms with van der Waals surface area (Å²) in [6.45, 7) is 2.07. The molecule has 0 fully saturated rings. The van der Waals surface area contributed by atoms with Crippen molar-refractivity contribution in [3.05, 3.63) is 60.7 Å². The maximum atomic E-state index is 6.11. The summed E-state index contributed by atoms with van der Waals surface area (Å²) in [5, 5.41) is 0. The van der Waals surface area contributed by atoms with Crippen molar-refractivity contribution in [2.24, 2.45) is 0 Å². The molecule has 0 unspecified atom stereocenters. The number of hydrogen-bond donors (Lipinski definition) is 1. The van der Waals surface area contributed by atoms with Gasteiger partial charge in [0, 0.05) is 12.6 Å². The summed E-state index contributed by atoms with van der Waals surface area (Å²) in [4.78, 5) is 0. The molecule has 0 aliphatic rings. The fraction of sp³-hybridized carbons (Fsp3) is 0.200. The van der Waals surface area contributed by atoms with Crippen LogP contribution in [0.15, 0.2) is 60.7 Å². The van der Waals surface area contributed by atoms with Crippen molar-refractivity contribution in [1.29, 1.82) is 0 Å². The highest BCUT2D eigenvalue weighted by atomic mass is 32.1. The normalized spacial score (nSPS) is 11.1. The summed E-state index contributed by atoms with van der Waals surface area (Å²) < 4.78 is 12.2. The molecule has 0 spiro atoms. The van der Waals surface area contributed by atoms with Crippen LogP contribution in [0.25, 0.3) is 0 Å². The van der Waals surface area contributed by atoms with Crippen molar-refractivity contribution in [2.75, 3.05) is 5.75 Å². The van der Waals surface area contributed by atoms with Gasteiger partial charge in [-0.3, -0.25) is 0 Å². The lowest BCUT2D eigenvalue weighted by molar-refractivity contribution is 0.391. The maximum Gasteiger partial charge on any atom is 0.458 e. The van der Waals surface area contributed by atoms with E-state index in [1.807, 2.05) is 60.7 Å². The first kappa shape index (κ1) is 14.0. The molecule has 2 aromatic rings. The molecule has 0 aliphatic carbocycles. The van der Waals surface area contributed by atoms with Gasteiger partial charge in [-0.2, -0.15) is 12.6 Å². The van der Waals surface area contributed by atoms with Crippen LogP contribution in [0.4, 0.5) is 0 Å². The molecule has 19 heavy (non-hydrogen) atoms. The minimum atomic E-state index is -2.31. The third kappa shape index (κ3) is 4.33. The standard InChI is InChI=1S/C15H18O2SSi/c1-19(13-12-18,16-14-8-4-2-5-9-14)17-15-10-6-3-7-11-15/h2-11,18H,12-13H2,1H3. The van der Waals surface area contributed by atoms with Crippen LogP contribution >= 0.6 is 12.6 Å². The first-order valence-corrected chi connectivity index (χ1v) is 9.46. The summed E-state index contributed by atoms with van der Waals surface area (Å²) in [5.74, 6) is 2.46. The van der Waals surface area contributed by atoms with Gasteiger partial charge in [-0.05, 0) is 30.0 Å². The molecule has 0 amide bonds. The second-order valence-corrected chi connectivity index (χ2v) is 8.06. The van der Waals surface area contributed by atoms with Crippen LogP contribution in [0.2, 0.25) is 12.6 Å². The monoisotopic (exact) mass is 290 g/mol. The average Bonchev–Trinajstić information content (AvgIpc) is 2.41. The Labute approximate surface area is 121 Å². The zero-order valence-electron chi connectivity index (χ0n) is 11.0. The molecule has 0 radical (unpaired) electrons. The SMILES string of the molecule is C[Si](CCS)(Oc1ccccc1)Oc1ccccc1. The van der Waals surface area contributed by atoms with Crippen LogP contribution in [0.1, 0.15) is 0 Å². The van der Waals surface area contributed by atoms with Gasteiger partial charge < -0.3 is 8.85 Å². The van der Waals surface area contributed by atoms with Gasteiger partial charge in [-0.1, -0.05) is 36.4 Å². The van der Waals surface area contributed by atoms with Crippen LogP contribution in [-0.2, 0) is 0 Å². The lowest BCUT2D eigenvalue weighted by Crippen LogP contribution is -2.45. The molecule has 0 saturated heterocycles. The van der Waals surface area contributed by atoms with Crippen LogP contribution in [0.3, 0.4) is 0 Å². The third-order valence-electron chi connectivity index (χ3n) is 2.72.